The summed E-state index contributed by atoms with van der Waals surface area (Å²) in [5.41, 5.74) is 4.72. The lowest BCUT2D eigenvalue weighted by Crippen LogP contribution is -2.50. The zero-order valence-corrected chi connectivity index (χ0v) is 20.8. The molecule has 35 heavy (non-hydrogen) atoms. The maximum absolute atomic E-state index is 14.4. The SMILES string of the molecule is O=C(C1CNCC12CCCc1nc(Cl)ccc12)N1CCC(c2ccccc2)CC1c1ccccc1. The van der Waals surface area contributed by atoms with Gasteiger partial charge in [-0.1, -0.05) is 78.3 Å². The molecule has 5 heteroatoms. The fourth-order valence-electron chi connectivity index (χ4n) is 6.90. The molecule has 6 rings (SSSR count). The van der Waals surface area contributed by atoms with Crippen LogP contribution in [0.4, 0.5) is 0 Å². The summed E-state index contributed by atoms with van der Waals surface area (Å²) >= 11 is 6.24. The number of benzene rings is 2. The third kappa shape index (κ3) is 4.07. The number of nitrogens with one attached hydrogen (secondary N) is 1. The Balaban J connectivity index is 1.34. The Morgan fingerprint density at radius 1 is 1.00 bits per heavy atom. The zero-order valence-electron chi connectivity index (χ0n) is 20.0. The number of nitrogens with zero attached hydrogens (tertiary/aromatic N) is 2. The predicted octanol–water partition coefficient (Wildman–Crippen LogP) is 5.68. The number of carbonyl (C=O) groups excluding carboxylic acids is 1. The number of hydrogen-bond acceptors (Lipinski definition) is 3. The summed E-state index contributed by atoms with van der Waals surface area (Å²) in [5.74, 6) is 0.671. The molecule has 4 unspecified atom stereocenters. The summed E-state index contributed by atoms with van der Waals surface area (Å²) in [6, 6.07) is 25.5. The molecule has 180 valence electrons. The van der Waals surface area contributed by atoms with Crippen LogP contribution in [0.25, 0.3) is 0 Å². The molecule has 3 aromatic rings. The third-order valence-corrected chi connectivity index (χ3v) is 8.82. The number of fused-ring (bicyclic) bond motifs is 2. The van der Waals surface area contributed by atoms with Crippen LogP contribution >= 0.6 is 11.6 Å². The van der Waals surface area contributed by atoms with E-state index in [0.717, 1.165) is 57.4 Å². The second kappa shape index (κ2) is 9.40. The van der Waals surface area contributed by atoms with E-state index in [1.807, 2.05) is 6.07 Å². The first-order valence-corrected chi connectivity index (χ1v) is 13.3. The molecule has 3 heterocycles. The molecule has 2 fully saturated rings. The molecule has 2 aromatic carbocycles. The maximum atomic E-state index is 14.4. The van der Waals surface area contributed by atoms with Gasteiger partial charge in [-0.3, -0.25) is 4.79 Å². The number of likely N-dealkylation sites (tertiary alicyclic amines) is 1. The Morgan fingerprint density at radius 3 is 2.51 bits per heavy atom. The van der Waals surface area contributed by atoms with Gasteiger partial charge in [0.15, 0.2) is 0 Å². The number of rotatable bonds is 3. The molecule has 0 bridgehead atoms. The average Bonchev–Trinajstić information content (AvgIpc) is 3.32. The second-order valence-corrected chi connectivity index (χ2v) is 10.8. The lowest BCUT2D eigenvalue weighted by Gasteiger charge is -2.45. The summed E-state index contributed by atoms with van der Waals surface area (Å²) in [6.45, 7) is 2.34. The van der Waals surface area contributed by atoms with E-state index in [4.69, 9.17) is 11.6 Å². The normalized spacial score (nSPS) is 28.1. The number of halogens is 1. The average molecular weight is 486 g/mol. The smallest absolute Gasteiger partial charge is 0.228 e. The van der Waals surface area contributed by atoms with Crippen LogP contribution in [-0.2, 0) is 16.6 Å². The Hall–Kier alpha value is -2.69. The number of aryl methyl sites for hydroxylation is 1. The van der Waals surface area contributed by atoms with Gasteiger partial charge in [0.25, 0.3) is 0 Å². The van der Waals surface area contributed by atoms with Crippen molar-refractivity contribution in [3.63, 3.8) is 0 Å². The molecule has 0 radical (unpaired) electrons. The highest BCUT2D eigenvalue weighted by Gasteiger charge is 2.52. The van der Waals surface area contributed by atoms with Crippen molar-refractivity contribution in [2.24, 2.45) is 5.92 Å². The monoisotopic (exact) mass is 485 g/mol. The van der Waals surface area contributed by atoms with Crippen LogP contribution in [0, 0.1) is 5.92 Å². The molecule has 2 aliphatic heterocycles. The van der Waals surface area contributed by atoms with Gasteiger partial charge in [-0.05, 0) is 60.8 Å². The van der Waals surface area contributed by atoms with Crippen molar-refractivity contribution in [1.82, 2.24) is 15.2 Å². The van der Waals surface area contributed by atoms with Crippen molar-refractivity contribution in [2.45, 2.75) is 49.5 Å². The molecule has 2 saturated heterocycles. The van der Waals surface area contributed by atoms with Gasteiger partial charge >= 0.3 is 0 Å². The van der Waals surface area contributed by atoms with Crippen LogP contribution in [0.5, 0.6) is 0 Å². The number of hydrogen-bond donors (Lipinski definition) is 1. The predicted molar refractivity (Wildman–Crippen MR) is 140 cm³/mol. The van der Waals surface area contributed by atoms with E-state index in [2.05, 4.69) is 81.9 Å². The van der Waals surface area contributed by atoms with Gasteiger partial charge in [-0.25, -0.2) is 4.98 Å². The first-order valence-electron chi connectivity index (χ1n) is 12.9. The van der Waals surface area contributed by atoms with Gasteiger partial charge in [-0.2, -0.15) is 0 Å². The Bertz CT molecular complexity index is 1200. The highest BCUT2D eigenvalue weighted by Crippen LogP contribution is 2.47. The van der Waals surface area contributed by atoms with Crippen molar-refractivity contribution in [1.29, 1.82) is 0 Å². The van der Waals surface area contributed by atoms with Crippen LogP contribution in [0.15, 0.2) is 72.8 Å². The van der Waals surface area contributed by atoms with E-state index in [1.165, 1.54) is 16.7 Å². The van der Waals surface area contributed by atoms with Crippen molar-refractivity contribution in [3.8, 4) is 0 Å². The van der Waals surface area contributed by atoms with E-state index in [9.17, 15) is 4.79 Å². The molecule has 3 aliphatic rings. The Kier molecular flexibility index (Phi) is 6.11. The van der Waals surface area contributed by atoms with Crippen molar-refractivity contribution >= 4 is 17.5 Å². The lowest BCUT2D eigenvalue weighted by molar-refractivity contribution is -0.141. The number of amides is 1. The minimum absolute atomic E-state index is 0.0796. The molecule has 4 atom stereocenters. The minimum Gasteiger partial charge on any atom is -0.335 e. The molecule has 1 aromatic heterocycles. The highest BCUT2D eigenvalue weighted by atomic mass is 35.5. The van der Waals surface area contributed by atoms with Crippen LogP contribution in [-0.4, -0.2) is 35.4 Å². The first-order chi connectivity index (χ1) is 17.2. The molecular weight excluding hydrogens is 454 g/mol. The second-order valence-electron chi connectivity index (χ2n) is 10.4. The first kappa shape index (κ1) is 22.8. The summed E-state index contributed by atoms with van der Waals surface area (Å²) in [4.78, 5) is 21.3. The molecule has 4 nitrogen and oxygen atoms in total. The number of pyridine rings is 1. The molecule has 1 N–H and O–H groups in total. The fraction of sp³-hybridized carbons (Fsp3) is 0.400. The van der Waals surface area contributed by atoms with Crippen molar-refractivity contribution < 1.29 is 4.79 Å². The third-order valence-electron chi connectivity index (χ3n) is 8.61. The van der Waals surface area contributed by atoms with Crippen LogP contribution in [0.3, 0.4) is 0 Å². The van der Waals surface area contributed by atoms with Gasteiger partial charge in [0.2, 0.25) is 5.91 Å². The largest absolute Gasteiger partial charge is 0.335 e. The van der Waals surface area contributed by atoms with Crippen molar-refractivity contribution in [2.75, 3.05) is 19.6 Å². The van der Waals surface area contributed by atoms with E-state index >= 15 is 0 Å². The van der Waals surface area contributed by atoms with Crippen molar-refractivity contribution in [3.05, 3.63) is 100 Å². The summed E-state index contributed by atoms with van der Waals surface area (Å²) in [5, 5.41) is 4.13. The topological polar surface area (TPSA) is 45.2 Å². The van der Waals surface area contributed by atoms with Crippen LogP contribution in [0.2, 0.25) is 5.15 Å². The van der Waals surface area contributed by atoms with Gasteiger partial charge < -0.3 is 10.2 Å². The highest BCUT2D eigenvalue weighted by molar-refractivity contribution is 6.29. The summed E-state index contributed by atoms with van der Waals surface area (Å²) < 4.78 is 0. The summed E-state index contributed by atoms with van der Waals surface area (Å²) in [6.07, 6.45) is 4.96. The van der Waals surface area contributed by atoms with E-state index < -0.39 is 0 Å². The zero-order chi connectivity index (χ0) is 23.8. The van der Waals surface area contributed by atoms with E-state index in [-0.39, 0.29) is 23.3 Å². The van der Waals surface area contributed by atoms with E-state index in [1.54, 1.807) is 0 Å². The lowest BCUT2D eigenvalue weighted by atomic mass is 9.65. The van der Waals surface area contributed by atoms with Gasteiger partial charge in [-0.15, -0.1) is 0 Å². The molecule has 1 amide bonds. The summed E-state index contributed by atoms with van der Waals surface area (Å²) in [7, 11) is 0. The maximum Gasteiger partial charge on any atom is 0.228 e. The number of aromatic nitrogens is 1. The molecule has 0 saturated carbocycles. The molecule has 1 spiro atoms. The Labute approximate surface area is 212 Å². The van der Waals surface area contributed by atoms with E-state index in [0.29, 0.717) is 11.1 Å². The van der Waals surface area contributed by atoms with Gasteiger partial charge in [0, 0.05) is 30.7 Å². The van der Waals surface area contributed by atoms with Crippen LogP contribution < -0.4 is 5.32 Å². The van der Waals surface area contributed by atoms with Gasteiger partial charge in [0.1, 0.15) is 5.15 Å². The number of carbonyl (C=O) groups is 1. The van der Waals surface area contributed by atoms with Gasteiger partial charge in [0.05, 0.1) is 12.0 Å². The molecule has 1 aliphatic carbocycles. The molecular formula is C30H32ClN3O. The van der Waals surface area contributed by atoms with Crippen LogP contribution in [0.1, 0.15) is 60.0 Å². The minimum atomic E-state index is -0.195. The number of piperidine rings is 1. The quantitative estimate of drug-likeness (QED) is 0.486. The Morgan fingerprint density at radius 2 is 1.74 bits per heavy atom. The standard InChI is InChI=1S/C30H32ClN3O/c31-28-14-13-24-26(33-28)12-7-16-30(24)20-32-19-25(30)29(35)34-17-15-23(21-8-3-1-4-9-21)18-27(34)22-10-5-2-6-11-22/h1-6,8-11,13-14,23,25,27,32H,7,12,15-20H2. The fourth-order valence-corrected chi connectivity index (χ4v) is 7.07.